The van der Waals surface area contributed by atoms with Gasteiger partial charge in [0.05, 0.1) is 6.26 Å². The maximum atomic E-state index is 12.5. The number of likely N-dealkylation sites (tertiary alicyclic amines) is 1. The van der Waals surface area contributed by atoms with Crippen molar-refractivity contribution in [2.45, 2.75) is 53.0 Å². The van der Waals surface area contributed by atoms with Crippen LogP contribution in [0, 0.1) is 17.8 Å². The molecule has 1 aromatic heterocycles. The van der Waals surface area contributed by atoms with Crippen LogP contribution < -0.4 is 0 Å². The van der Waals surface area contributed by atoms with Crippen LogP contribution in [0.5, 0.6) is 0 Å². The lowest BCUT2D eigenvalue weighted by molar-refractivity contribution is -0.135. The molecule has 0 spiro atoms. The van der Waals surface area contributed by atoms with Crippen LogP contribution >= 0.6 is 0 Å². The Labute approximate surface area is 137 Å². The van der Waals surface area contributed by atoms with E-state index in [0.717, 1.165) is 25.8 Å². The second kappa shape index (κ2) is 5.39. The Morgan fingerprint density at radius 3 is 2.74 bits per heavy atom. The average Bonchev–Trinajstić information content (AvgIpc) is 2.95. The number of nitrogens with zero attached hydrogens (tertiary/aromatic N) is 1. The van der Waals surface area contributed by atoms with Crippen molar-refractivity contribution in [3.05, 3.63) is 23.7 Å². The van der Waals surface area contributed by atoms with Crippen molar-refractivity contribution in [2.75, 3.05) is 13.2 Å². The van der Waals surface area contributed by atoms with E-state index in [1.165, 1.54) is 6.26 Å². The number of aryl methyl sites for hydroxylation is 1. The van der Waals surface area contributed by atoms with E-state index in [9.17, 15) is 9.59 Å². The van der Waals surface area contributed by atoms with Crippen molar-refractivity contribution < 1.29 is 18.7 Å². The second-order valence-electron chi connectivity index (χ2n) is 8.20. The quantitative estimate of drug-likeness (QED) is 0.803. The summed E-state index contributed by atoms with van der Waals surface area (Å²) in [6.45, 7) is 9.07. The summed E-state index contributed by atoms with van der Waals surface area (Å²) in [6.07, 6.45) is 4.65. The molecule has 2 atom stereocenters. The van der Waals surface area contributed by atoms with E-state index >= 15 is 0 Å². The van der Waals surface area contributed by atoms with E-state index in [-0.39, 0.29) is 29.4 Å². The lowest BCUT2D eigenvalue weighted by atomic mass is 9.65. The fraction of sp³-hybridized carbons (Fsp3) is 0.667. The first-order valence-electron chi connectivity index (χ1n) is 8.20. The van der Waals surface area contributed by atoms with Crippen LogP contribution in [0.2, 0.25) is 0 Å². The zero-order chi connectivity index (χ0) is 16.8. The highest BCUT2D eigenvalue weighted by molar-refractivity contribution is 5.92. The van der Waals surface area contributed by atoms with E-state index in [1.54, 1.807) is 13.0 Å². The Kier molecular flexibility index (Phi) is 3.77. The van der Waals surface area contributed by atoms with Gasteiger partial charge in [-0.05, 0) is 43.1 Å². The molecule has 2 heterocycles. The number of amides is 1. The van der Waals surface area contributed by atoms with Crippen LogP contribution in [-0.4, -0.2) is 36.0 Å². The summed E-state index contributed by atoms with van der Waals surface area (Å²) in [5.41, 5.74) is 0.830. The SMILES string of the molecule is Cc1occc1C(=O)OCC(=O)N1C[C@@]2(C)C[C@@H]1CC(C)(C)C2. The largest absolute Gasteiger partial charge is 0.469 e. The van der Waals surface area contributed by atoms with E-state index in [1.807, 2.05) is 4.90 Å². The Bertz CT molecular complexity index is 633. The molecule has 126 valence electrons. The van der Waals surface area contributed by atoms with Gasteiger partial charge < -0.3 is 14.1 Å². The van der Waals surface area contributed by atoms with Gasteiger partial charge in [0.15, 0.2) is 6.61 Å². The van der Waals surface area contributed by atoms with E-state index in [0.29, 0.717) is 11.3 Å². The third-order valence-electron chi connectivity index (χ3n) is 5.14. The zero-order valence-corrected chi connectivity index (χ0v) is 14.3. The van der Waals surface area contributed by atoms with E-state index < -0.39 is 5.97 Å². The maximum absolute atomic E-state index is 12.5. The third-order valence-corrected chi connectivity index (χ3v) is 5.14. The summed E-state index contributed by atoms with van der Waals surface area (Å²) < 4.78 is 10.3. The highest BCUT2D eigenvalue weighted by atomic mass is 16.5. The molecule has 3 rings (SSSR count). The molecule has 0 aromatic carbocycles. The summed E-state index contributed by atoms with van der Waals surface area (Å²) in [4.78, 5) is 26.4. The first-order chi connectivity index (χ1) is 10.7. The minimum Gasteiger partial charge on any atom is -0.469 e. The van der Waals surface area contributed by atoms with Crippen molar-refractivity contribution >= 4 is 11.9 Å². The van der Waals surface area contributed by atoms with Gasteiger partial charge >= 0.3 is 5.97 Å². The number of fused-ring (bicyclic) bond motifs is 2. The first-order valence-corrected chi connectivity index (χ1v) is 8.20. The summed E-state index contributed by atoms with van der Waals surface area (Å²) >= 11 is 0. The summed E-state index contributed by atoms with van der Waals surface area (Å²) in [5, 5.41) is 0. The number of hydrogen-bond donors (Lipinski definition) is 0. The van der Waals surface area contributed by atoms with Crippen molar-refractivity contribution in [1.82, 2.24) is 4.90 Å². The van der Waals surface area contributed by atoms with E-state index in [4.69, 9.17) is 9.15 Å². The van der Waals surface area contributed by atoms with Gasteiger partial charge in [-0.2, -0.15) is 0 Å². The van der Waals surface area contributed by atoms with Gasteiger partial charge in [0, 0.05) is 12.6 Å². The number of carbonyl (C=O) groups excluding carboxylic acids is 2. The minimum atomic E-state index is -0.502. The van der Waals surface area contributed by atoms with Crippen LogP contribution in [-0.2, 0) is 9.53 Å². The summed E-state index contributed by atoms with van der Waals surface area (Å²) in [5.74, 6) is -0.0852. The molecular weight excluding hydrogens is 294 g/mol. The highest BCUT2D eigenvalue weighted by Gasteiger charge is 2.50. The Morgan fingerprint density at radius 1 is 1.35 bits per heavy atom. The number of hydrogen-bond acceptors (Lipinski definition) is 4. The van der Waals surface area contributed by atoms with Gasteiger partial charge in [0.2, 0.25) is 0 Å². The van der Waals surface area contributed by atoms with Gasteiger partial charge in [-0.1, -0.05) is 20.8 Å². The third kappa shape index (κ3) is 3.14. The van der Waals surface area contributed by atoms with Crippen molar-refractivity contribution in [1.29, 1.82) is 0 Å². The fourth-order valence-corrected chi connectivity index (χ4v) is 4.64. The predicted molar refractivity (Wildman–Crippen MR) is 85.0 cm³/mol. The molecule has 1 saturated carbocycles. The smallest absolute Gasteiger partial charge is 0.342 e. The maximum Gasteiger partial charge on any atom is 0.342 e. The standard InChI is InChI=1S/C18H25NO4/c1-12-14(5-6-22-12)16(21)23-9-15(20)19-11-18(4)8-13(19)7-17(2,3)10-18/h5-6,13H,7-11H2,1-4H3/t13-,18-/m0/s1. The second-order valence-corrected chi connectivity index (χ2v) is 8.20. The Morgan fingerprint density at radius 2 is 2.09 bits per heavy atom. The summed E-state index contributed by atoms with van der Waals surface area (Å²) in [7, 11) is 0. The van der Waals surface area contributed by atoms with Gasteiger partial charge in [-0.15, -0.1) is 0 Å². The Hall–Kier alpha value is -1.78. The molecule has 2 aliphatic rings. The molecule has 1 amide bonds. The average molecular weight is 319 g/mol. The zero-order valence-electron chi connectivity index (χ0n) is 14.3. The Balaban J connectivity index is 1.61. The minimum absolute atomic E-state index is 0.0917. The molecule has 1 aliphatic heterocycles. The van der Waals surface area contributed by atoms with Crippen LogP contribution in [0.1, 0.15) is 56.2 Å². The molecule has 1 aliphatic carbocycles. The van der Waals surface area contributed by atoms with Gasteiger partial charge in [0.25, 0.3) is 5.91 Å². The van der Waals surface area contributed by atoms with Crippen LogP contribution in [0.25, 0.3) is 0 Å². The van der Waals surface area contributed by atoms with Gasteiger partial charge in [-0.25, -0.2) is 4.79 Å². The molecule has 23 heavy (non-hydrogen) atoms. The highest BCUT2D eigenvalue weighted by Crippen LogP contribution is 2.52. The number of carbonyl (C=O) groups is 2. The molecule has 1 saturated heterocycles. The summed E-state index contributed by atoms with van der Waals surface area (Å²) in [6, 6.07) is 1.83. The molecule has 0 radical (unpaired) electrons. The molecule has 0 unspecified atom stereocenters. The fourth-order valence-electron chi connectivity index (χ4n) is 4.64. The van der Waals surface area contributed by atoms with Crippen LogP contribution in [0.4, 0.5) is 0 Å². The molecule has 0 N–H and O–H groups in total. The molecule has 5 nitrogen and oxygen atoms in total. The number of ether oxygens (including phenoxy) is 1. The molecule has 2 bridgehead atoms. The van der Waals surface area contributed by atoms with Crippen molar-refractivity contribution in [3.8, 4) is 0 Å². The number of furan rings is 1. The van der Waals surface area contributed by atoms with Gasteiger partial charge in [0.1, 0.15) is 11.3 Å². The lowest BCUT2D eigenvalue weighted by Gasteiger charge is -2.39. The van der Waals surface area contributed by atoms with Crippen LogP contribution in [0.3, 0.4) is 0 Å². The molecular formula is C18H25NO4. The topological polar surface area (TPSA) is 59.8 Å². The number of rotatable bonds is 3. The van der Waals surface area contributed by atoms with Crippen molar-refractivity contribution in [3.63, 3.8) is 0 Å². The predicted octanol–water partition coefficient (Wildman–Crippen LogP) is 3.17. The molecule has 5 heteroatoms. The normalized spacial score (nSPS) is 28.7. The number of esters is 1. The molecule has 2 fully saturated rings. The first kappa shape index (κ1) is 16.1. The monoisotopic (exact) mass is 319 g/mol. The van der Waals surface area contributed by atoms with Gasteiger partial charge in [-0.3, -0.25) is 4.79 Å². The van der Waals surface area contributed by atoms with Crippen molar-refractivity contribution in [2.24, 2.45) is 10.8 Å². The van der Waals surface area contributed by atoms with Crippen LogP contribution in [0.15, 0.2) is 16.7 Å². The van der Waals surface area contributed by atoms with E-state index in [2.05, 4.69) is 20.8 Å². The lowest BCUT2D eigenvalue weighted by Crippen LogP contribution is -2.39. The molecule has 1 aromatic rings.